The Morgan fingerprint density at radius 2 is 2.19 bits per heavy atom. The van der Waals surface area contributed by atoms with Gasteiger partial charge in [0.2, 0.25) is 0 Å². The molecule has 5 heteroatoms. The summed E-state index contributed by atoms with van der Waals surface area (Å²) in [6.45, 7) is 1.81. The number of thioether (sulfide) groups is 1. The molecule has 0 aromatic heterocycles. The first kappa shape index (κ1) is 12.7. The van der Waals surface area contributed by atoms with Gasteiger partial charge in [-0.25, -0.2) is 0 Å². The number of carbonyl (C=O) groups excluding carboxylic acids is 1. The third kappa shape index (κ3) is 3.06. The standard InChI is InChI=1S/C11H13NO3S/c1-8-3-4-10(12(14)15)9(7-8)11(13)5-6-16-2/h3-4,7H,5-6H2,1-2H3. The zero-order valence-corrected chi connectivity index (χ0v) is 10.0. The molecular weight excluding hydrogens is 226 g/mol. The third-order valence-corrected chi connectivity index (χ3v) is 2.79. The van der Waals surface area contributed by atoms with Crippen molar-refractivity contribution in [2.24, 2.45) is 0 Å². The lowest BCUT2D eigenvalue weighted by Gasteiger charge is -2.02. The molecule has 1 aromatic rings. The number of ketones is 1. The monoisotopic (exact) mass is 239 g/mol. The molecule has 0 fully saturated rings. The molecule has 1 aromatic carbocycles. The molecule has 0 spiro atoms. The Balaban J connectivity index is 3.04. The quantitative estimate of drug-likeness (QED) is 0.450. The van der Waals surface area contributed by atoms with Crippen LogP contribution >= 0.6 is 11.8 Å². The fourth-order valence-electron chi connectivity index (χ4n) is 1.36. The number of hydrogen-bond donors (Lipinski definition) is 0. The molecule has 16 heavy (non-hydrogen) atoms. The fourth-order valence-corrected chi connectivity index (χ4v) is 1.75. The molecule has 0 aliphatic carbocycles. The molecular formula is C11H13NO3S. The summed E-state index contributed by atoms with van der Waals surface area (Å²) < 4.78 is 0. The van der Waals surface area contributed by atoms with Crippen LogP contribution in [0.25, 0.3) is 0 Å². The molecule has 0 N–H and O–H groups in total. The maximum atomic E-state index is 11.8. The summed E-state index contributed by atoms with van der Waals surface area (Å²) in [6.07, 6.45) is 2.24. The second kappa shape index (κ2) is 5.65. The van der Waals surface area contributed by atoms with Crippen LogP contribution in [-0.4, -0.2) is 22.7 Å². The minimum absolute atomic E-state index is 0.100. The first-order chi connectivity index (χ1) is 7.56. The zero-order chi connectivity index (χ0) is 12.1. The van der Waals surface area contributed by atoms with Crippen molar-refractivity contribution in [1.29, 1.82) is 0 Å². The van der Waals surface area contributed by atoms with Gasteiger partial charge in [0.25, 0.3) is 5.69 Å². The van der Waals surface area contributed by atoms with Crippen LogP contribution in [0.5, 0.6) is 0 Å². The molecule has 4 nitrogen and oxygen atoms in total. The molecule has 0 bridgehead atoms. The van der Waals surface area contributed by atoms with E-state index in [1.165, 1.54) is 6.07 Å². The lowest BCUT2D eigenvalue weighted by Crippen LogP contribution is -2.05. The van der Waals surface area contributed by atoms with Gasteiger partial charge in [-0.3, -0.25) is 14.9 Å². The first-order valence-corrected chi connectivity index (χ1v) is 6.23. The van der Waals surface area contributed by atoms with Crippen LogP contribution in [0.2, 0.25) is 0 Å². The predicted octanol–water partition coefficient (Wildman–Crippen LogP) is 2.84. The summed E-state index contributed by atoms with van der Waals surface area (Å²) in [5, 5.41) is 10.8. The van der Waals surface area contributed by atoms with E-state index in [9.17, 15) is 14.9 Å². The van der Waals surface area contributed by atoms with E-state index in [4.69, 9.17) is 0 Å². The van der Waals surface area contributed by atoms with Crippen LogP contribution in [0.1, 0.15) is 22.3 Å². The van der Waals surface area contributed by atoms with Crippen LogP contribution < -0.4 is 0 Å². The van der Waals surface area contributed by atoms with Gasteiger partial charge in [0.05, 0.1) is 10.5 Å². The minimum atomic E-state index is -0.508. The van der Waals surface area contributed by atoms with Gasteiger partial charge in [-0.1, -0.05) is 6.07 Å². The van der Waals surface area contributed by atoms with Gasteiger partial charge >= 0.3 is 0 Å². The van der Waals surface area contributed by atoms with Gasteiger partial charge in [-0.15, -0.1) is 0 Å². The molecule has 0 aliphatic heterocycles. The number of rotatable bonds is 5. The Morgan fingerprint density at radius 1 is 1.50 bits per heavy atom. The van der Waals surface area contributed by atoms with Crippen LogP contribution in [0.3, 0.4) is 0 Å². The summed E-state index contributed by atoms with van der Waals surface area (Å²) >= 11 is 1.55. The summed E-state index contributed by atoms with van der Waals surface area (Å²) in [7, 11) is 0. The van der Waals surface area contributed by atoms with Gasteiger partial charge in [0.15, 0.2) is 5.78 Å². The van der Waals surface area contributed by atoms with Crippen molar-refractivity contribution in [3.63, 3.8) is 0 Å². The highest BCUT2D eigenvalue weighted by Crippen LogP contribution is 2.21. The highest BCUT2D eigenvalue weighted by molar-refractivity contribution is 7.98. The van der Waals surface area contributed by atoms with E-state index >= 15 is 0 Å². The largest absolute Gasteiger partial charge is 0.294 e. The van der Waals surface area contributed by atoms with Gasteiger partial charge < -0.3 is 0 Å². The van der Waals surface area contributed by atoms with Crippen molar-refractivity contribution in [2.45, 2.75) is 13.3 Å². The van der Waals surface area contributed by atoms with Crippen molar-refractivity contribution in [3.05, 3.63) is 39.4 Å². The molecule has 1 rings (SSSR count). The number of benzene rings is 1. The summed E-state index contributed by atoms with van der Waals surface area (Å²) in [4.78, 5) is 22.0. The topological polar surface area (TPSA) is 60.2 Å². The Bertz CT molecular complexity index is 418. The number of carbonyl (C=O) groups is 1. The van der Waals surface area contributed by atoms with E-state index < -0.39 is 4.92 Å². The van der Waals surface area contributed by atoms with E-state index in [0.29, 0.717) is 12.2 Å². The van der Waals surface area contributed by atoms with Gasteiger partial charge in [0, 0.05) is 18.2 Å². The molecule has 0 atom stereocenters. The minimum Gasteiger partial charge on any atom is -0.294 e. The van der Waals surface area contributed by atoms with E-state index in [2.05, 4.69) is 0 Å². The van der Waals surface area contributed by atoms with E-state index in [0.717, 1.165) is 5.56 Å². The van der Waals surface area contributed by atoms with Crippen molar-refractivity contribution in [1.82, 2.24) is 0 Å². The SMILES string of the molecule is CSCCC(=O)c1cc(C)ccc1[N+](=O)[O-]. The smallest absolute Gasteiger partial charge is 0.280 e. The highest BCUT2D eigenvalue weighted by atomic mass is 32.2. The molecule has 0 saturated carbocycles. The van der Waals surface area contributed by atoms with Gasteiger partial charge in [-0.2, -0.15) is 11.8 Å². The van der Waals surface area contributed by atoms with Gasteiger partial charge in [0.1, 0.15) is 0 Å². The van der Waals surface area contributed by atoms with E-state index in [-0.39, 0.29) is 17.0 Å². The second-order valence-electron chi connectivity index (χ2n) is 3.44. The van der Waals surface area contributed by atoms with E-state index in [1.54, 1.807) is 23.9 Å². The van der Waals surface area contributed by atoms with Gasteiger partial charge in [-0.05, 0) is 24.8 Å². The number of hydrogen-bond acceptors (Lipinski definition) is 4. The lowest BCUT2D eigenvalue weighted by atomic mass is 10.0. The van der Waals surface area contributed by atoms with Crippen LogP contribution in [0.4, 0.5) is 5.69 Å². The van der Waals surface area contributed by atoms with Crippen molar-refractivity contribution >= 4 is 23.2 Å². The summed E-state index contributed by atoms with van der Waals surface area (Å²) in [6, 6.07) is 4.62. The molecule has 0 radical (unpaired) electrons. The maximum absolute atomic E-state index is 11.8. The molecule has 0 unspecified atom stereocenters. The summed E-state index contributed by atoms with van der Waals surface area (Å²) in [5.41, 5.74) is 0.980. The predicted molar refractivity (Wildman–Crippen MR) is 65.2 cm³/mol. The number of nitrogens with zero attached hydrogens (tertiary/aromatic N) is 1. The zero-order valence-electron chi connectivity index (χ0n) is 9.23. The Labute approximate surface area is 98.2 Å². The Kier molecular flexibility index (Phi) is 4.49. The molecule has 0 saturated heterocycles. The number of aryl methyl sites for hydroxylation is 1. The van der Waals surface area contributed by atoms with Crippen molar-refractivity contribution in [2.75, 3.05) is 12.0 Å². The number of nitro benzene ring substituents is 1. The average Bonchev–Trinajstić information content (AvgIpc) is 2.25. The highest BCUT2D eigenvalue weighted by Gasteiger charge is 2.19. The van der Waals surface area contributed by atoms with E-state index in [1.807, 2.05) is 13.2 Å². The van der Waals surface area contributed by atoms with Crippen molar-refractivity contribution < 1.29 is 9.72 Å². The normalized spacial score (nSPS) is 10.1. The van der Waals surface area contributed by atoms with Crippen molar-refractivity contribution in [3.8, 4) is 0 Å². The Hall–Kier alpha value is -1.36. The molecule has 0 aliphatic rings. The summed E-state index contributed by atoms with van der Waals surface area (Å²) in [5.74, 6) is 0.522. The molecule has 86 valence electrons. The second-order valence-corrected chi connectivity index (χ2v) is 4.43. The maximum Gasteiger partial charge on any atom is 0.280 e. The Morgan fingerprint density at radius 3 is 2.75 bits per heavy atom. The number of nitro groups is 1. The van der Waals surface area contributed by atoms with Crippen LogP contribution in [0.15, 0.2) is 18.2 Å². The third-order valence-electron chi connectivity index (χ3n) is 2.18. The molecule has 0 heterocycles. The first-order valence-electron chi connectivity index (χ1n) is 4.83. The fraction of sp³-hybridized carbons (Fsp3) is 0.364. The average molecular weight is 239 g/mol. The lowest BCUT2D eigenvalue weighted by molar-refractivity contribution is -0.385. The molecule has 0 amide bonds. The number of Topliss-reactive ketones (excluding diaryl/α,β-unsaturated/α-hetero) is 1. The van der Waals surface area contributed by atoms with Crippen LogP contribution in [-0.2, 0) is 0 Å². The van der Waals surface area contributed by atoms with Crippen LogP contribution in [0, 0.1) is 17.0 Å².